The van der Waals surface area contributed by atoms with E-state index in [0.717, 1.165) is 37.0 Å². The maximum absolute atomic E-state index is 13.9. The Kier molecular flexibility index (Phi) is 14.1. The monoisotopic (exact) mass is 637 g/mol. The second-order valence-corrected chi connectivity index (χ2v) is 12.9. The Balaban J connectivity index is 1.39. The lowest BCUT2D eigenvalue weighted by molar-refractivity contribution is -0.140. The predicted molar refractivity (Wildman–Crippen MR) is 188 cm³/mol. The predicted octanol–water partition coefficient (Wildman–Crippen LogP) is 7.47. The molecule has 1 saturated heterocycles. The van der Waals surface area contributed by atoms with Crippen molar-refractivity contribution in [2.45, 2.75) is 78.3 Å². The number of likely N-dealkylation sites (tertiary alicyclic amines) is 1. The fourth-order valence-corrected chi connectivity index (χ4v) is 6.22. The van der Waals surface area contributed by atoms with Gasteiger partial charge < -0.3 is 20.3 Å². The van der Waals surface area contributed by atoms with Crippen LogP contribution in [0.3, 0.4) is 0 Å². The highest BCUT2D eigenvalue weighted by Gasteiger charge is 2.36. The summed E-state index contributed by atoms with van der Waals surface area (Å²) in [5.41, 5.74) is 2.18. The van der Waals surface area contributed by atoms with Gasteiger partial charge in [-0.15, -0.1) is 0 Å². The number of carbonyl (C=O) groups is 3. The molecule has 4 rings (SSSR count). The lowest BCUT2D eigenvalue weighted by atomic mass is 9.81. The molecule has 0 aliphatic carbocycles. The molecule has 3 aromatic rings. The highest BCUT2D eigenvalue weighted by atomic mass is 16.5. The Hall–Kier alpha value is -4.39. The summed E-state index contributed by atoms with van der Waals surface area (Å²) < 4.78 is 6.01. The van der Waals surface area contributed by atoms with E-state index in [0.29, 0.717) is 44.6 Å². The lowest BCUT2D eigenvalue weighted by Gasteiger charge is -2.30. The number of carbonyl (C=O) groups excluding carboxylic acids is 3. The highest BCUT2D eigenvalue weighted by molar-refractivity contribution is 5.91. The molecule has 3 atom stereocenters. The van der Waals surface area contributed by atoms with Crippen molar-refractivity contribution in [1.82, 2.24) is 15.5 Å². The molecule has 7 nitrogen and oxygen atoms in total. The number of para-hydroxylation sites is 1. The zero-order valence-electron chi connectivity index (χ0n) is 28.2. The molecule has 1 heterocycles. The van der Waals surface area contributed by atoms with Gasteiger partial charge in [-0.05, 0) is 79.8 Å². The first-order valence-corrected chi connectivity index (χ1v) is 17.2. The van der Waals surface area contributed by atoms with Crippen molar-refractivity contribution >= 4 is 17.7 Å². The Morgan fingerprint density at radius 1 is 0.872 bits per heavy atom. The molecule has 1 fully saturated rings. The third-order valence-electron chi connectivity index (χ3n) is 8.59. The highest BCUT2D eigenvalue weighted by Crippen LogP contribution is 2.27. The number of benzene rings is 3. The van der Waals surface area contributed by atoms with Gasteiger partial charge in [-0.3, -0.25) is 14.4 Å². The number of amides is 3. The van der Waals surface area contributed by atoms with Crippen LogP contribution in [0.15, 0.2) is 97.1 Å². The molecule has 0 saturated carbocycles. The number of rotatable bonds is 16. The Bertz CT molecular complexity index is 1440. The molecule has 3 amide bonds. The number of hydrogen-bond donors (Lipinski definition) is 2. The third-order valence-corrected chi connectivity index (χ3v) is 8.59. The molecule has 1 aliphatic heterocycles. The van der Waals surface area contributed by atoms with Gasteiger partial charge in [0.1, 0.15) is 17.5 Å². The first-order chi connectivity index (χ1) is 22.8. The Morgan fingerprint density at radius 3 is 2.30 bits per heavy atom. The summed E-state index contributed by atoms with van der Waals surface area (Å²) in [6, 6.07) is 27.0. The van der Waals surface area contributed by atoms with Crippen molar-refractivity contribution in [2.24, 2.45) is 17.8 Å². The zero-order chi connectivity index (χ0) is 33.4. The van der Waals surface area contributed by atoms with Crippen molar-refractivity contribution in [3.8, 4) is 11.5 Å². The minimum atomic E-state index is -0.616. The van der Waals surface area contributed by atoms with E-state index in [2.05, 4.69) is 42.7 Å². The van der Waals surface area contributed by atoms with Crippen molar-refractivity contribution < 1.29 is 19.1 Å². The van der Waals surface area contributed by atoms with Crippen molar-refractivity contribution in [2.75, 3.05) is 13.1 Å². The number of nitrogens with zero attached hydrogens (tertiary/aromatic N) is 1. The topological polar surface area (TPSA) is 87.7 Å². The van der Waals surface area contributed by atoms with Crippen LogP contribution >= 0.6 is 0 Å². The minimum absolute atomic E-state index is 0.0754. The second kappa shape index (κ2) is 18.7. The van der Waals surface area contributed by atoms with Gasteiger partial charge in [-0.25, -0.2) is 0 Å². The summed E-state index contributed by atoms with van der Waals surface area (Å²) in [5.74, 6) is 0.319. The number of ether oxygens (including phenoxy) is 1. The van der Waals surface area contributed by atoms with E-state index in [-0.39, 0.29) is 23.6 Å². The second-order valence-electron chi connectivity index (χ2n) is 12.9. The van der Waals surface area contributed by atoms with Crippen molar-refractivity contribution in [3.63, 3.8) is 0 Å². The van der Waals surface area contributed by atoms with Gasteiger partial charge in [0.2, 0.25) is 17.7 Å². The van der Waals surface area contributed by atoms with E-state index in [1.165, 1.54) is 5.56 Å². The molecule has 0 bridgehead atoms. The standard InChI is InChI=1S/C40H51N3O4/c1-4-16-35(38(44)41-25-13-11-19-31-17-7-5-8-18-31)36(27-30(2)3)39(45)42-37-24-12-14-26-43(40(37)46)29-32-20-15-23-34(28-32)47-33-21-9-6-10-22-33/h5-11,13,15,17-18,20-23,28,30,35-37H,4,12,14,16,19,24-27,29H2,1-3H3,(H,41,44)(H,42,45)/b13-11+/t35-,36+,37-/m0/s1. The number of hydrogen-bond acceptors (Lipinski definition) is 4. The van der Waals surface area contributed by atoms with Crippen molar-refractivity contribution in [1.29, 1.82) is 0 Å². The van der Waals surface area contributed by atoms with Crippen LogP contribution in [-0.2, 0) is 27.3 Å². The first kappa shape index (κ1) is 35.5. The minimum Gasteiger partial charge on any atom is -0.457 e. The van der Waals surface area contributed by atoms with Crippen LogP contribution in [0.1, 0.15) is 70.4 Å². The molecule has 7 heteroatoms. The molecule has 0 spiro atoms. The van der Waals surface area contributed by atoms with Gasteiger partial charge in [0.25, 0.3) is 0 Å². The van der Waals surface area contributed by atoms with E-state index >= 15 is 0 Å². The Morgan fingerprint density at radius 2 is 1.57 bits per heavy atom. The normalized spacial score (nSPS) is 16.5. The van der Waals surface area contributed by atoms with Gasteiger partial charge in [0, 0.05) is 31.5 Å². The third kappa shape index (κ3) is 11.4. The molecular weight excluding hydrogens is 586 g/mol. The van der Waals surface area contributed by atoms with Crippen LogP contribution < -0.4 is 15.4 Å². The molecule has 0 aromatic heterocycles. The fourth-order valence-electron chi connectivity index (χ4n) is 6.22. The van der Waals surface area contributed by atoms with Gasteiger partial charge in [-0.1, -0.05) is 100 Å². The summed E-state index contributed by atoms with van der Waals surface area (Å²) in [6.07, 6.45) is 9.08. The average Bonchev–Trinajstić information content (AvgIpc) is 3.23. The number of allylic oxidation sites excluding steroid dienone is 1. The van der Waals surface area contributed by atoms with Crippen LogP contribution in [-0.4, -0.2) is 41.8 Å². The van der Waals surface area contributed by atoms with Crippen LogP contribution in [0, 0.1) is 17.8 Å². The molecule has 1 aliphatic rings. The summed E-state index contributed by atoms with van der Waals surface area (Å²) in [6.45, 7) is 7.66. The van der Waals surface area contributed by atoms with E-state index in [1.807, 2.05) is 90.7 Å². The van der Waals surface area contributed by atoms with E-state index in [1.54, 1.807) is 0 Å². The Labute approximate surface area is 280 Å². The van der Waals surface area contributed by atoms with E-state index in [9.17, 15) is 14.4 Å². The molecule has 3 aromatic carbocycles. The summed E-state index contributed by atoms with van der Waals surface area (Å²) >= 11 is 0. The maximum Gasteiger partial charge on any atom is 0.245 e. The zero-order valence-corrected chi connectivity index (χ0v) is 28.2. The smallest absolute Gasteiger partial charge is 0.245 e. The average molecular weight is 638 g/mol. The maximum atomic E-state index is 13.9. The first-order valence-electron chi connectivity index (χ1n) is 17.2. The fraction of sp³-hybridized carbons (Fsp3) is 0.425. The van der Waals surface area contributed by atoms with Crippen LogP contribution in [0.4, 0.5) is 0 Å². The molecule has 0 radical (unpaired) electrons. The van der Waals surface area contributed by atoms with E-state index in [4.69, 9.17) is 4.74 Å². The molecule has 47 heavy (non-hydrogen) atoms. The van der Waals surface area contributed by atoms with Crippen molar-refractivity contribution in [3.05, 3.63) is 108 Å². The lowest BCUT2D eigenvalue weighted by Crippen LogP contribution is -2.51. The summed E-state index contributed by atoms with van der Waals surface area (Å²) in [7, 11) is 0. The summed E-state index contributed by atoms with van der Waals surface area (Å²) in [5, 5.41) is 6.16. The van der Waals surface area contributed by atoms with Gasteiger partial charge in [0.15, 0.2) is 0 Å². The van der Waals surface area contributed by atoms with Gasteiger partial charge >= 0.3 is 0 Å². The molecule has 2 N–H and O–H groups in total. The SMILES string of the molecule is CCC[C@H](C(=O)NC/C=C/Cc1ccccc1)[C@@H](CC(C)C)C(=O)N[C@H]1CCCCN(Cc2cccc(Oc3ccccc3)c2)C1=O. The number of nitrogens with one attached hydrogen (secondary N) is 2. The van der Waals surface area contributed by atoms with Crippen LogP contribution in [0.2, 0.25) is 0 Å². The van der Waals surface area contributed by atoms with E-state index < -0.39 is 17.9 Å². The van der Waals surface area contributed by atoms with Crippen LogP contribution in [0.5, 0.6) is 11.5 Å². The molecular formula is C40H51N3O4. The molecule has 250 valence electrons. The molecule has 0 unspecified atom stereocenters. The van der Waals surface area contributed by atoms with Crippen LogP contribution in [0.25, 0.3) is 0 Å². The quantitative estimate of drug-likeness (QED) is 0.160. The summed E-state index contributed by atoms with van der Waals surface area (Å²) in [4.78, 5) is 43.1. The largest absolute Gasteiger partial charge is 0.457 e. The van der Waals surface area contributed by atoms with Gasteiger partial charge in [-0.2, -0.15) is 0 Å². The van der Waals surface area contributed by atoms with Gasteiger partial charge in [0.05, 0.1) is 0 Å².